The second-order valence-electron chi connectivity index (χ2n) is 9.09. The van der Waals surface area contributed by atoms with E-state index in [1.165, 1.54) is 12.1 Å². The Labute approximate surface area is 222 Å². The van der Waals surface area contributed by atoms with Crippen LogP contribution < -0.4 is 15.8 Å². The molecular weight excluding hydrogens is 534 g/mol. The first kappa shape index (κ1) is 29.5. The Bertz CT molecular complexity index is 1370. The van der Waals surface area contributed by atoms with Gasteiger partial charge in [0.15, 0.2) is 0 Å². The number of carboxylic acids is 1. The zero-order valence-electron chi connectivity index (χ0n) is 21.2. The Morgan fingerprint density at radius 3 is 2.42 bits per heavy atom. The lowest BCUT2D eigenvalue weighted by molar-refractivity contribution is -0.149. The van der Waals surface area contributed by atoms with Gasteiger partial charge >= 0.3 is 5.97 Å². The van der Waals surface area contributed by atoms with Crippen molar-refractivity contribution in [3.63, 3.8) is 0 Å². The van der Waals surface area contributed by atoms with Crippen molar-refractivity contribution in [3.05, 3.63) is 59.7 Å². The first-order valence-electron chi connectivity index (χ1n) is 11.9. The number of benzene rings is 2. The number of piperazine rings is 1. The van der Waals surface area contributed by atoms with E-state index in [1.807, 2.05) is 0 Å². The minimum absolute atomic E-state index is 0.0474. The SMILES string of the molecule is CNCCC(NS(=O)(=O)c1ccc(C)c(N)c1)[C@H]1C(=O)N(CC(=O)O)CCN1S(=O)(=O)Cc1ccccc1. The Kier molecular flexibility index (Phi) is 9.49. The van der Waals surface area contributed by atoms with Crippen LogP contribution in [0.3, 0.4) is 0 Å². The summed E-state index contributed by atoms with van der Waals surface area (Å²) in [6, 6.07) is 9.90. The van der Waals surface area contributed by atoms with Gasteiger partial charge in [0, 0.05) is 24.8 Å². The van der Waals surface area contributed by atoms with Crippen LogP contribution in [0.4, 0.5) is 5.69 Å². The number of carbonyl (C=O) groups is 2. The average molecular weight is 568 g/mol. The smallest absolute Gasteiger partial charge is 0.323 e. The fourth-order valence-corrected chi connectivity index (χ4v) is 7.32. The lowest BCUT2D eigenvalue weighted by Crippen LogP contribution is -2.66. The second-order valence-corrected chi connectivity index (χ2v) is 12.7. The Morgan fingerprint density at radius 2 is 1.82 bits per heavy atom. The van der Waals surface area contributed by atoms with Gasteiger partial charge in [-0.3, -0.25) is 9.59 Å². The van der Waals surface area contributed by atoms with E-state index in [1.54, 1.807) is 50.4 Å². The van der Waals surface area contributed by atoms with Gasteiger partial charge in [-0.05, 0) is 50.2 Å². The van der Waals surface area contributed by atoms with Crippen LogP contribution in [0.5, 0.6) is 0 Å². The number of hydrogen-bond acceptors (Lipinski definition) is 8. The van der Waals surface area contributed by atoms with E-state index in [9.17, 15) is 31.5 Å². The maximum Gasteiger partial charge on any atom is 0.323 e. The Balaban J connectivity index is 2.04. The molecule has 2 aromatic rings. The molecule has 12 nitrogen and oxygen atoms in total. The van der Waals surface area contributed by atoms with Gasteiger partial charge in [0.05, 0.1) is 10.6 Å². The molecule has 208 valence electrons. The molecule has 1 amide bonds. The summed E-state index contributed by atoms with van der Waals surface area (Å²) in [6.07, 6.45) is 0.0474. The molecule has 1 aliphatic rings. The van der Waals surface area contributed by atoms with Crippen LogP contribution in [0.15, 0.2) is 53.4 Å². The third kappa shape index (κ3) is 7.08. The first-order valence-corrected chi connectivity index (χ1v) is 15.0. The number of nitrogens with zero attached hydrogens (tertiary/aromatic N) is 2. The van der Waals surface area contributed by atoms with Crippen LogP contribution in [0.25, 0.3) is 0 Å². The molecule has 2 aromatic carbocycles. The molecule has 1 heterocycles. The summed E-state index contributed by atoms with van der Waals surface area (Å²) in [5.74, 6) is -2.46. The summed E-state index contributed by atoms with van der Waals surface area (Å²) in [5.41, 5.74) is 7.34. The van der Waals surface area contributed by atoms with Gasteiger partial charge in [0.2, 0.25) is 26.0 Å². The number of sulfonamides is 2. The number of carbonyl (C=O) groups excluding carboxylic acids is 1. The third-order valence-electron chi connectivity index (χ3n) is 6.29. The number of nitrogens with one attached hydrogen (secondary N) is 2. The maximum atomic E-state index is 13.6. The molecule has 0 aromatic heterocycles. The molecule has 0 saturated carbocycles. The summed E-state index contributed by atoms with van der Waals surface area (Å²) in [7, 11) is -6.71. The zero-order chi connectivity index (χ0) is 28.1. The van der Waals surface area contributed by atoms with E-state index in [4.69, 9.17) is 5.73 Å². The number of anilines is 1. The standard InChI is InChI=1S/C24H33N5O7S2/c1-17-8-9-19(14-20(17)25)38(35,36)27-21(10-11-26-2)23-24(32)28(15-22(30)31)12-13-29(23)37(33,34)16-18-6-4-3-5-7-18/h3-9,14,21,23,26-27H,10-13,15-16,25H2,1-2H3,(H,30,31)/t21?,23-/m0/s1. The van der Waals surface area contributed by atoms with E-state index in [2.05, 4.69) is 10.0 Å². The molecular formula is C24H33N5O7S2. The molecule has 0 radical (unpaired) electrons. The number of hydrogen-bond donors (Lipinski definition) is 4. The van der Waals surface area contributed by atoms with Crippen LogP contribution in [-0.4, -0.2) is 88.3 Å². The quantitative estimate of drug-likeness (QED) is 0.256. The van der Waals surface area contributed by atoms with E-state index < -0.39 is 56.3 Å². The molecule has 38 heavy (non-hydrogen) atoms. The molecule has 2 atom stereocenters. The monoisotopic (exact) mass is 567 g/mol. The van der Waals surface area contributed by atoms with Crippen LogP contribution in [0.2, 0.25) is 0 Å². The van der Waals surface area contributed by atoms with Crippen molar-refractivity contribution >= 4 is 37.6 Å². The van der Waals surface area contributed by atoms with Crippen LogP contribution in [-0.2, 0) is 35.4 Å². The molecule has 14 heteroatoms. The van der Waals surface area contributed by atoms with E-state index in [-0.39, 0.29) is 36.6 Å². The number of carboxylic acid groups (broad SMARTS) is 1. The molecule has 3 rings (SSSR count). The predicted octanol–water partition coefficient (Wildman–Crippen LogP) is -0.0390. The van der Waals surface area contributed by atoms with Gasteiger partial charge < -0.3 is 21.1 Å². The number of aliphatic carboxylic acids is 1. The highest BCUT2D eigenvalue weighted by molar-refractivity contribution is 7.89. The summed E-state index contributed by atoms with van der Waals surface area (Å²) in [5, 5.41) is 12.2. The van der Waals surface area contributed by atoms with Crippen molar-refractivity contribution in [2.45, 2.75) is 36.1 Å². The highest BCUT2D eigenvalue weighted by Gasteiger charge is 2.46. The highest BCUT2D eigenvalue weighted by Crippen LogP contribution is 2.25. The van der Waals surface area contributed by atoms with Crippen molar-refractivity contribution in [1.82, 2.24) is 19.2 Å². The average Bonchev–Trinajstić information content (AvgIpc) is 2.84. The van der Waals surface area contributed by atoms with E-state index in [0.29, 0.717) is 11.1 Å². The van der Waals surface area contributed by atoms with Crippen molar-refractivity contribution in [3.8, 4) is 0 Å². The molecule has 1 aliphatic heterocycles. The number of nitrogen functional groups attached to an aromatic ring is 1. The predicted molar refractivity (Wildman–Crippen MR) is 142 cm³/mol. The minimum atomic E-state index is -4.24. The van der Waals surface area contributed by atoms with E-state index >= 15 is 0 Å². The second kappa shape index (κ2) is 12.2. The Morgan fingerprint density at radius 1 is 1.13 bits per heavy atom. The van der Waals surface area contributed by atoms with Gasteiger partial charge in [-0.15, -0.1) is 0 Å². The molecule has 1 saturated heterocycles. The molecule has 1 unspecified atom stereocenters. The number of aryl methyl sites for hydroxylation is 1. The first-order chi connectivity index (χ1) is 17.9. The van der Waals surface area contributed by atoms with E-state index in [0.717, 1.165) is 9.21 Å². The lowest BCUT2D eigenvalue weighted by atomic mass is 10.0. The van der Waals surface area contributed by atoms with Gasteiger partial charge in [0.1, 0.15) is 12.6 Å². The fourth-order valence-electron chi connectivity index (χ4n) is 4.29. The van der Waals surface area contributed by atoms with Gasteiger partial charge in [-0.2, -0.15) is 4.31 Å². The van der Waals surface area contributed by atoms with Crippen molar-refractivity contribution < 1.29 is 31.5 Å². The van der Waals surface area contributed by atoms with Crippen molar-refractivity contribution in [2.24, 2.45) is 0 Å². The third-order valence-corrected chi connectivity index (χ3v) is 9.60. The van der Waals surface area contributed by atoms with Crippen molar-refractivity contribution in [1.29, 1.82) is 0 Å². The van der Waals surface area contributed by atoms with Gasteiger partial charge in [-0.1, -0.05) is 36.4 Å². The fraction of sp³-hybridized carbons (Fsp3) is 0.417. The molecule has 5 N–H and O–H groups in total. The number of amides is 1. The number of nitrogens with two attached hydrogens (primary N) is 1. The van der Waals surface area contributed by atoms with Crippen LogP contribution in [0.1, 0.15) is 17.5 Å². The van der Waals surface area contributed by atoms with Gasteiger partial charge in [0.25, 0.3) is 0 Å². The normalized spacial score (nSPS) is 17.9. The summed E-state index contributed by atoms with van der Waals surface area (Å²) in [4.78, 5) is 25.9. The topological polar surface area (TPSA) is 179 Å². The number of rotatable bonds is 12. The molecule has 0 spiro atoms. The molecule has 0 bridgehead atoms. The maximum absolute atomic E-state index is 13.6. The van der Waals surface area contributed by atoms with Gasteiger partial charge in [-0.25, -0.2) is 21.6 Å². The highest BCUT2D eigenvalue weighted by atomic mass is 32.2. The minimum Gasteiger partial charge on any atom is -0.480 e. The summed E-state index contributed by atoms with van der Waals surface area (Å²) in [6.45, 7) is 1.01. The Hall–Kier alpha value is -3.04. The zero-order valence-corrected chi connectivity index (χ0v) is 22.8. The van der Waals surface area contributed by atoms with Crippen LogP contribution in [0, 0.1) is 6.92 Å². The van der Waals surface area contributed by atoms with Crippen molar-refractivity contribution in [2.75, 3.05) is 39.0 Å². The summed E-state index contributed by atoms with van der Waals surface area (Å²) >= 11 is 0. The molecule has 0 aliphatic carbocycles. The summed E-state index contributed by atoms with van der Waals surface area (Å²) < 4.78 is 57.3. The largest absolute Gasteiger partial charge is 0.480 e. The molecule has 1 fully saturated rings. The lowest BCUT2D eigenvalue weighted by Gasteiger charge is -2.42. The van der Waals surface area contributed by atoms with Crippen LogP contribution >= 0.6 is 0 Å².